The van der Waals surface area contributed by atoms with Gasteiger partial charge in [0.1, 0.15) is 10.4 Å². The molecule has 1 aliphatic heterocycles. The smallest absolute Gasteiger partial charge is 0.269 e. The van der Waals surface area contributed by atoms with Crippen molar-refractivity contribution in [2.24, 2.45) is 5.10 Å². The maximum atomic E-state index is 11.9. The number of non-ortho nitro benzene ring substituents is 1. The van der Waals surface area contributed by atoms with Crippen LogP contribution >= 0.6 is 11.8 Å². The van der Waals surface area contributed by atoms with Crippen molar-refractivity contribution in [1.29, 1.82) is 0 Å². The number of benzene rings is 2. The van der Waals surface area contributed by atoms with Crippen molar-refractivity contribution in [2.45, 2.75) is 5.37 Å². The SMILES string of the molecule is O=[N+]([O-])c1ccc([O-])c([C@H]2NN=C(c3ccccc3)S2)c1. The highest BCUT2D eigenvalue weighted by Gasteiger charge is 2.23. The lowest BCUT2D eigenvalue weighted by Gasteiger charge is -2.17. The summed E-state index contributed by atoms with van der Waals surface area (Å²) in [6.45, 7) is 0. The Morgan fingerprint density at radius 2 is 1.95 bits per heavy atom. The van der Waals surface area contributed by atoms with Gasteiger partial charge < -0.3 is 5.11 Å². The minimum atomic E-state index is -0.512. The van der Waals surface area contributed by atoms with E-state index in [1.807, 2.05) is 30.3 Å². The molecular weight excluding hydrogens is 290 g/mol. The third-order valence-corrected chi connectivity index (χ3v) is 4.17. The molecular formula is C14H10N3O3S-. The molecule has 0 amide bonds. The van der Waals surface area contributed by atoms with Gasteiger partial charge in [0, 0.05) is 17.7 Å². The molecule has 3 rings (SSSR count). The fourth-order valence-electron chi connectivity index (χ4n) is 1.98. The second-order valence-corrected chi connectivity index (χ2v) is 5.48. The van der Waals surface area contributed by atoms with Crippen LogP contribution in [0.25, 0.3) is 0 Å². The molecule has 7 heteroatoms. The summed E-state index contributed by atoms with van der Waals surface area (Å²) in [5.41, 5.74) is 4.04. The molecule has 0 saturated carbocycles. The zero-order valence-corrected chi connectivity index (χ0v) is 11.5. The molecule has 0 aliphatic carbocycles. The molecule has 0 bridgehead atoms. The molecule has 21 heavy (non-hydrogen) atoms. The van der Waals surface area contributed by atoms with Gasteiger partial charge in [0.25, 0.3) is 5.69 Å². The van der Waals surface area contributed by atoms with Gasteiger partial charge in [-0.3, -0.25) is 15.5 Å². The van der Waals surface area contributed by atoms with Gasteiger partial charge in [-0.15, -0.1) is 5.75 Å². The number of thioether (sulfide) groups is 1. The highest BCUT2D eigenvalue weighted by atomic mass is 32.2. The third kappa shape index (κ3) is 2.68. The molecule has 1 N–H and O–H groups in total. The molecule has 106 valence electrons. The summed E-state index contributed by atoms with van der Waals surface area (Å²) in [6.07, 6.45) is 0. The number of nitrogens with one attached hydrogen (secondary N) is 1. The van der Waals surface area contributed by atoms with Crippen molar-refractivity contribution in [3.05, 3.63) is 69.8 Å². The van der Waals surface area contributed by atoms with Gasteiger partial charge in [-0.1, -0.05) is 48.2 Å². The molecule has 0 saturated heterocycles. The highest BCUT2D eigenvalue weighted by Crippen LogP contribution is 2.38. The summed E-state index contributed by atoms with van der Waals surface area (Å²) in [5.74, 6) is -0.241. The number of rotatable bonds is 3. The Morgan fingerprint density at radius 1 is 1.19 bits per heavy atom. The normalized spacial score (nSPS) is 17.1. The van der Waals surface area contributed by atoms with E-state index < -0.39 is 10.3 Å². The second-order valence-electron chi connectivity index (χ2n) is 4.39. The van der Waals surface area contributed by atoms with Gasteiger partial charge in [-0.25, -0.2) is 0 Å². The van der Waals surface area contributed by atoms with Crippen molar-refractivity contribution < 1.29 is 10.0 Å². The monoisotopic (exact) mass is 300 g/mol. The predicted octanol–water partition coefficient (Wildman–Crippen LogP) is 2.37. The Labute approximate surface area is 124 Å². The van der Waals surface area contributed by atoms with Gasteiger partial charge >= 0.3 is 0 Å². The summed E-state index contributed by atoms with van der Waals surface area (Å²) in [5, 5.41) is 27.3. The first-order chi connectivity index (χ1) is 10.1. The summed E-state index contributed by atoms with van der Waals surface area (Å²) >= 11 is 1.37. The molecule has 1 atom stereocenters. The molecule has 6 nitrogen and oxygen atoms in total. The van der Waals surface area contributed by atoms with Gasteiger partial charge in [0.2, 0.25) is 0 Å². The molecule has 2 aromatic rings. The van der Waals surface area contributed by atoms with Gasteiger partial charge in [-0.05, 0) is 5.56 Å². The fraction of sp³-hybridized carbons (Fsp3) is 0.0714. The average molecular weight is 300 g/mol. The minimum Gasteiger partial charge on any atom is -0.872 e. The molecule has 0 aromatic heterocycles. The van der Waals surface area contributed by atoms with Crippen LogP contribution < -0.4 is 10.5 Å². The van der Waals surface area contributed by atoms with E-state index in [0.717, 1.165) is 10.6 Å². The fourth-order valence-corrected chi connectivity index (χ4v) is 3.00. The average Bonchev–Trinajstić information content (AvgIpc) is 2.98. The van der Waals surface area contributed by atoms with Crippen LogP contribution in [0.4, 0.5) is 5.69 Å². The second kappa shape index (κ2) is 5.45. The van der Waals surface area contributed by atoms with Crippen molar-refractivity contribution in [3.8, 4) is 5.75 Å². The van der Waals surface area contributed by atoms with Crippen molar-refractivity contribution >= 4 is 22.5 Å². The molecule has 1 heterocycles. The van der Waals surface area contributed by atoms with Crippen LogP contribution in [-0.2, 0) is 0 Å². The molecule has 0 fully saturated rings. The Hall–Kier alpha value is -2.54. The zero-order chi connectivity index (χ0) is 14.8. The van der Waals surface area contributed by atoms with E-state index in [0.29, 0.717) is 5.56 Å². The Morgan fingerprint density at radius 3 is 2.67 bits per heavy atom. The lowest BCUT2D eigenvalue weighted by Crippen LogP contribution is -2.10. The molecule has 1 aliphatic rings. The number of nitrogens with zero attached hydrogens (tertiary/aromatic N) is 2. The summed E-state index contributed by atoms with van der Waals surface area (Å²) < 4.78 is 0. The Kier molecular flexibility index (Phi) is 3.49. The van der Waals surface area contributed by atoms with Crippen LogP contribution in [0.3, 0.4) is 0 Å². The number of hydrogen-bond donors (Lipinski definition) is 1. The summed E-state index contributed by atoms with van der Waals surface area (Å²) in [7, 11) is 0. The maximum absolute atomic E-state index is 11.9. The van der Waals surface area contributed by atoms with Gasteiger partial charge in [-0.2, -0.15) is 5.10 Å². The third-order valence-electron chi connectivity index (χ3n) is 3.02. The maximum Gasteiger partial charge on any atom is 0.269 e. The van der Waals surface area contributed by atoms with E-state index in [1.165, 1.54) is 30.0 Å². The lowest BCUT2D eigenvalue weighted by atomic mass is 10.2. The van der Waals surface area contributed by atoms with E-state index in [2.05, 4.69) is 10.5 Å². The van der Waals surface area contributed by atoms with Crippen LogP contribution in [0.5, 0.6) is 5.75 Å². The van der Waals surface area contributed by atoms with Crippen LogP contribution in [0, 0.1) is 10.1 Å². The Bertz CT molecular complexity index is 719. The zero-order valence-electron chi connectivity index (χ0n) is 10.7. The summed E-state index contributed by atoms with van der Waals surface area (Å²) in [6, 6.07) is 13.3. The number of hydrazone groups is 1. The lowest BCUT2D eigenvalue weighted by molar-refractivity contribution is -0.385. The quantitative estimate of drug-likeness (QED) is 0.694. The first-order valence-corrected chi connectivity index (χ1v) is 7.04. The van der Waals surface area contributed by atoms with Crippen molar-refractivity contribution in [3.63, 3.8) is 0 Å². The first-order valence-electron chi connectivity index (χ1n) is 6.16. The van der Waals surface area contributed by atoms with E-state index in [-0.39, 0.29) is 11.4 Å². The van der Waals surface area contributed by atoms with Crippen molar-refractivity contribution in [1.82, 2.24) is 5.43 Å². The van der Waals surface area contributed by atoms with Crippen LogP contribution in [0.1, 0.15) is 16.5 Å². The standard InChI is InChI=1S/C14H11N3O3S/c18-12-7-6-10(17(19)20)8-11(12)14-16-15-13(21-14)9-4-2-1-3-5-9/h1-8,14,16,18H/p-1/t14-/m0/s1. The van der Waals surface area contributed by atoms with Crippen molar-refractivity contribution in [2.75, 3.05) is 0 Å². The predicted molar refractivity (Wildman–Crippen MR) is 79.0 cm³/mol. The molecule has 0 unspecified atom stereocenters. The molecule has 2 aromatic carbocycles. The number of nitro benzene ring substituents is 1. The highest BCUT2D eigenvalue weighted by molar-refractivity contribution is 8.14. The van der Waals surface area contributed by atoms with Crippen LogP contribution in [0.15, 0.2) is 53.6 Å². The van der Waals surface area contributed by atoms with E-state index >= 15 is 0 Å². The molecule has 0 radical (unpaired) electrons. The largest absolute Gasteiger partial charge is 0.872 e. The number of nitro groups is 1. The van der Waals surface area contributed by atoms with E-state index in [9.17, 15) is 15.2 Å². The van der Waals surface area contributed by atoms with Gasteiger partial charge in [0.05, 0.1) is 4.92 Å². The van der Waals surface area contributed by atoms with E-state index in [1.54, 1.807) is 0 Å². The first kappa shape index (κ1) is 13.4. The molecule has 0 spiro atoms. The van der Waals surface area contributed by atoms with E-state index in [4.69, 9.17) is 0 Å². The van der Waals surface area contributed by atoms with Gasteiger partial charge in [0.15, 0.2) is 0 Å². The minimum absolute atomic E-state index is 0.0971. The topological polar surface area (TPSA) is 90.6 Å². The van der Waals surface area contributed by atoms with Crippen LogP contribution in [0.2, 0.25) is 0 Å². The number of hydrogen-bond acceptors (Lipinski definition) is 6. The Balaban J connectivity index is 1.85. The van der Waals surface area contributed by atoms with Crippen LogP contribution in [-0.4, -0.2) is 9.97 Å². The summed E-state index contributed by atoms with van der Waals surface area (Å²) in [4.78, 5) is 10.3.